The molecule has 0 saturated heterocycles. The summed E-state index contributed by atoms with van der Waals surface area (Å²) in [6.45, 7) is 0.0757. The highest BCUT2D eigenvalue weighted by atomic mass is 32.2. The molecular formula is C18H18F2N4O3S. The number of hydrogen-bond donors (Lipinski definition) is 3. The number of H-pyrrole nitrogens is 1. The summed E-state index contributed by atoms with van der Waals surface area (Å²) in [4.78, 5) is 18.4. The number of alkyl halides is 2. The van der Waals surface area contributed by atoms with Crippen molar-refractivity contribution in [3.8, 4) is 0 Å². The van der Waals surface area contributed by atoms with E-state index in [2.05, 4.69) is 20.0 Å². The lowest BCUT2D eigenvalue weighted by Crippen LogP contribution is -2.34. The molecule has 0 atom stereocenters. The van der Waals surface area contributed by atoms with Crippen molar-refractivity contribution in [3.05, 3.63) is 65.5 Å². The molecule has 7 nitrogen and oxygen atoms in total. The molecule has 148 valence electrons. The fraction of sp³-hybridized carbons (Fsp3) is 0.222. The highest BCUT2D eigenvalue weighted by molar-refractivity contribution is 7.89. The van der Waals surface area contributed by atoms with Crippen LogP contribution in [0.25, 0.3) is 11.0 Å². The number of amides is 1. The van der Waals surface area contributed by atoms with E-state index in [1.54, 1.807) is 12.1 Å². The fourth-order valence-electron chi connectivity index (χ4n) is 2.54. The van der Waals surface area contributed by atoms with E-state index >= 15 is 0 Å². The van der Waals surface area contributed by atoms with E-state index in [0.29, 0.717) is 11.0 Å². The number of carbonyl (C=O) groups is 1. The Hall–Kier alpha value is -2.85. The Balaban J connectivity index is 1.54. The summed E-state index contributed by atoms with van der Waals surface area (Å²) in [5.74, 6) is -1.26. The highest BCUT2D eigenvalue weighted by Crippen LogP contribution is 2.20. The Morgan fingerprint density at radius 2 is 1.89 bits per heavy atom. The zero-order valence-corrected chi connectivity index (χ0v) is 15.5. The predicted octanol–water partition coefficient (Wildman–Crippen LogP) is 2.35. The van der Waals surface area contributed by atoms with Gasteiger partial charge in [0.05, 0.1) is 16.8 Å². The number of hydrogen-bond acceptors (Lipinski definition) is 4. The molecule has 1 heterocycles. The van der Waals surface area contributed by atoms with Gasteiger partial charge >= 0.3 is 0 Å². The summed E-state index contributed by atoms with van der Waals surface area (Å²) >= 11 is 0. The smallest absolute Gasteiger partial charge is 0.295 e. The van der Waals surface area contributed by atoms with Gasteiger partial charge in [-0.15, -0.1) is 0 Å². The normalized spacial score (nSPS) is 11.8. The van der Waals surface area contributed by atoms with Gasteiger partial charge in [0.1, 0.15) is 0 Å². The lowest BCUT2D eigenvalue weighted by atomic mass is 10.2. The predicted molar refractivity (Wildman–Crippen MR) is 100 cm³/mol. The van der Waals surface area contributed by atoms with Crippen LogP contribution in [0, 0.1) is 0 Å². The van der Waals surface area contributed by atoms with Crippen LogP contribution in [0.1, 0.15) is 28.2 Å². The van der Waals surface area contributed by atoms with Gasteiger partial charge in [0, 0.05) is 18.7 Å². The van der Waals surface area contributed by atoms with Crippen molar-refractivity contribution in [2.45, 2.75) is 13.0 Å². The van der Waals surface area contributed by atoms with Crippen LogP contribution in [-0.4, -0.2) is 36.6 Å². The molecule has 3 rings (SSSR count). The molecule has 28 heavy (non-hydrogen) atoms. The molecule has 3 N–H and O–H groups in total. The number of nitrogens with zero attached hydrogens (tertiary/aromatic N) is 1. The van der Waals surface area contributed by atoms with Crippen molar-refractivity contribution in [1.29, 1.82) is 0 Å². The number of nitrogens with one attached hydrogen (secondary N) is 3. The summed E-state index contributed by atoms with van der Waals surface area (Å²) in [5.41, 5.74) is 1.66. The van der Waals surface area contributed by atoms with Crippen molar-refractivity contribution in [3.63, 3.8) is 0 Å². The largest absolute Gasteiger partial charge is 0.351 e. The Kier molecular flexibility index (Phi) is 6.00. The minimum atomic E-state index is -3.56. The Morgan fingerprint density at radius 3 is 2.61 bits per heavy atom. The van der Waals surface area contributed by atoms with Crippen LogP contribution >= 0.6 is 0 Å². The van der Waals surface area contributed by atoms with Crippen LogP contribution in [0.3, 0.4) is 0 Å². The second-order valence-corrected chi connectivity index (χ2v) is 7.96. The Bertz CT molecular complexity index is 1070. The third-order valence-corrected chi connectivity index (χ3v) is 5.29. The van der Waals surface area contributed by atoms with E-state index in [1.807, 2.05) is 18.2 Å². The van der Waals surface area contributed by atoms with Gasteiger partial charge in [-0.25, -0.2) is 26.9 Å². The first-order chi connectivity index (χ1) is 13.3. The maximum atomic E-state index is 12.7. The molecule has 0 radical (unpaired) electrons. The van der Waals surface area contributed by atoms with E-state index in [9.17, 15) is 22.0 Å². The summed E-state index contributed by atoms with van der Waals surface area (Å²) in [5, 5.41) is 2.51. The van der Waals surface area contributed by atoms with Crippen LogP contribution in [0.15, 0.2) is 48.5 Å². The number of sulfonamides is 1. The number of fused-ring (bicyclic) bond motifs is 1. The standard InChI is InChI=1S/C18H18F2N4O3S/c19-16(20)17-23-14-7-6-13(10-15(14)24-17)18(25)21-8-9-28(26,27)22-11-12-4-2-1-3-5-12/h1-7,10,16,22H,8-9,11H2,(H,21,25)(H,23,24). The molecule has 1 amide bonds. The lowest BCUT2D eigenvalue weighted by Gasteiger charge is -2.08. The van der Waals surface area contributed by atoms with E-state index in [4.69, 9.17) is 0 Å². The average molecular weight is 408 g/mol. The molecule has 10 heteroatoms. The molecule has 1 aromatic heterocycles. The highest BCUT2D eigenvalue weighted by Gasteiger charge is 2.15. The van der Waals surface area contributed by atoms with E-state index < -0.39 is 28.2 Å². The fourth-order valence-corrected chi connectivity index (χ4v) is 3.44. The number of aromatic amines is 1. The Labute approximate surface area is 160 Å². The second kappa shape index (κ2) is 8.44. The quantitative estimate of drug-likeness (QED) is 0.532. The minimum absolute atomic E-state index is 0.0910. The van der Waals surface area contributed by atoms with Gasteiger partial charge in [0.25, 0.3) is 12.3 Å². The molecule has 0 aliphatic carbocycles. The lowest BCUT2D eigenvalue weighted by molar-refractivity contribution is 0.0956. The summed E-state index contributed by atoms with van der Waals surface area (Å²) in [6.07, 6.45) is -2.74. The van der Waals surface area contributed by atoms with E-state index in [0.717, 1.165) is 5.56 Å². The SMILES string of the molecule is O=C(NCCS(=O)(=O)NCc1ccccc1)c1ccc2nc(C(F)F)[nH]c2c1. The van der Waals surface area contributed by atoms with E-state index in [1.165, 1.54) is 18.2 Å². The van der Waals surface area contributed by atoms with Crippen molar-refractivity contribution >= 4 is 27.0 Å². The summed E-state index contributed by atoms with van der Waals surface area (Å²) in [6, 6.07) is 13.3. The number of imidazole rings is 1. The topological polar surface area (TPSA) is 104 Å². The van der Waals surface area contributed by atoms with Gasteiger partial charge in [-0.05, 0) is 23.8 Å². The first-order valence-electron chi connectivity index (χ1n) is 8.41. The van der Waals surface area contributed by atoms with Gasteiger partial charge in [-0.1, -0.05) is 30.3 Å². The van der Waals surface area contributed by atoms with E-state index in [-0.39, 0.29) is 24.4 Å². The molecule has 2 aromatic carbocycles. The zero-order chi connectivity index (χ0) is 20.1. The number of carbonyl (C=O) groups excluding carboxylic acids is 1. The third kappa shape index (κ3) is 5.11. The van der Waals surface area contributed by atoms with Crippen molar-refractivity contribution < 1.29 is 22.0 Å². The molecule has 0 fully saturated rings. The molecule has 0 unspecified atom stereocenters. The van der Waals surface area contributed by atoms with Gasteiger partial charge in [0.15, 0.2) is 5.82 Å². The summed E-state index contributed by atoms with van der Waals surface area (Å²) in [7, 11) is -3.56. The molecular weight excluding hydrogens is 390 g/mol. The van der Waals surface area contributed by atoms with Crippen LogP contribution < -0.4 is 10.0 Å². The van der Waals surface area contributed by atoms with Crippen LogP contribution in [0.2, 0.25) is 0 Å². The van der Waals surface area contributed by atoms with Gasteiger partial charge < -0.3 is 10.3 Å². The van der Waals surface area contributed by atoms with Crippen molar-refractivity contribution in [1.82, 2.24) is 20.0 Å². The van der Waals surface area contributed by atoms with Gasteiger partial charge in [0.2, 0.25) is 10.0 Å². The molecule has 0 aliphatic heterocycles. The molecule has 0 aliphatic rings. The van der Waals surface area contributed by atoms with Crippen molar-refractivity contribution in [2.24, 2.45) is 0 Å². The molecule has 3 aromatic rings. The Morgan fingerprint density at radius 1 is 1.14 bits per heavy atom. The number of halogens is 2. The minimum Gasteiger partial charge on any atom is -0.351 e. The molecule has 0 saturated carbocycles. The van der Waals surface area contributed by atoms with Gasteiger partial charge in [-0.3, -0.25) is 4.79 Å². The molecule has 0 spiro atoms. The summed E-state index contributed by atoms with van der Waals surface area (Å²) < 4.78 is 51.9. The number of rotatable bonds is 8. The maximum Gasteiger partial charge on any atom is 0.295 e. The second-order valence-electron chi connectivity index (χ2n) is 6.04. The van der Waals surface area contributed by atoms with Gasteiger partial charge in [-0.2, -0.15) is 0 Å². The number of benzene rings is 2. The van der Waals surface area contributed by atoms with Crippen LogP contribution in [-0.2, 0) is 16.6 Å². The van der Waals surface area contributed by atoms with Crippen LogP contribution in [0.5, 0.6) is 0 Å². The van der Waals surface area contributed by atoms with Crippen molar-refractivity contribution in [2.75, 3.05) is 12.3 Å². The number of aromatic nitrogens is 2. The van der Waals surface area contributed by atoms with Crippen LogP contribution in [0.4, 0.5) is 8.78 Å². The third-order valence-electron chi connectivity index (χ3n) is 3.96. The monoisotopic (exact) mass is 408 g/mol. The molecule has 0 bridgehead atoms. The average Bonchev–Trinajstić information content (AvgIpc) is 3.11. The first-order valence-corrected chi connectivity index (χ1v) is 10.1. The maximum absolute atomic E-state index is 12.7. The first kappa shape index (κ1) is 19.9. The zero-order valence-electron chi connectivity index (χ0n) is 14.7.